The van der Waals surface area contributed by atoms with Gasteiger partial charge >= 0.3 is 5.97 Å². The highest BCUT2D eigenvalue weighted by Gasteiger charge is 2.70. The molecule has 2 bridgehead atoms. The SMILES string of the molecule is CCOC(=O)[C@@H]1C[C@@]23CN(C)C[C@@H](CCC4=C2[C@@H]1CC4=O)[C@@]31CC[C@@](CC)(OC)OC1. The van der Waals surface area contributed by atoms with Crippen LogP contribution >= 0.6 is 0 Å². The van der Waals surface area contributed by atoms with Gasteiger partial charge in [-0.25, -0.2) is 0 Å². The third kappa shape index (κ3) is 2.80. The number of Topliss-reactive ketones (excluding diaryl/α,β-unsaturated/α-hetero) is 1. The number of allylic oxidation sites excluding steroid dienone is 1. The number of ether oxygens (including phenoxy) is 3. The molecule has 0 unspecified atom stereocenters. The van der Waals surface area contributed by atoms with Crippen molar-refractivity contribution >= 4 is 11.8 Å². The molecule has 2 saturated heterocycles. The number of nitrogens with zero attached hydrogens (tertiary/aromatic N) is 1. The number of hydrogen-bond acceptors (Lipinski definition) is 6. The highest BCUT2D eigenvalue weighted by molar-refractivity contribution is 6.01. The summed E-state index contributed by atoms with van der Waals surface area (Å²) in [5.41, 5.74) is 2.14. The highest BCUT2D eigenvalue weighted by atomic mass is 16.7. The Bertz CT molecular complexity index is 805. The molecule has 5 aliphatic rings. The lowest BCUT2D eigenvalue weighted by atomic mass is 9.50. The van der Waals surface area contributed by atoms with Gasteiger partial charge in [0.2, 0.25) is 0 Å². The summed E-state index contributed by atoms with van der Waals surface area (Å²) >= 11 is 0. The Hall–Kier alpha value is -1.24. The molecule has 6 atom stereocenters. The van der Waals surface area contributed by atoms with Crippen molar-refractivity contribution in [3.05, 3.63) is 11.1 Å². The van der Waals surface area contributed by atoms with E-state index < -0.39 is 5.79 Å². The molecule has 0 aromatic heterocycles. The average molecular weight is 432 g/mol. The van der Waals surface area contributed by atoms with Crippen molar-refractivity contribution < 1.29 is 23.8 Å². The summed E-state index contributed by atoms with van der Waals surface area (Å²) in [5, 5.41) is 0. The van der Waals surface area contributed by atoms with Crippen molar-refractivity contribution in [1.29, 1.82) is 0 Å². The van der Waals surface area contributed by atoms with E-state index >= 15 is 0 Å². The second kappa shape index (κ2) is 7.39. The molecule has 2 heterocycles. The maximum absolute atomic E-state index is 13.1. The number of carbonyl (C=O) groups is 2. The Kier molecular flexibility index (Phi) is 5.15. The van der Waals surface area contributed by atoms with Crippen LogP contribution in [0.1, 0.15) is 58.8 Å². The molecular formula is C25H37NO5. The lowest BCUT2D eigenvalue weighted by Gasteiger charge is -2.62. The molecule has 172 valence electrons. The van der Waals surface area contributed by atoms with E-state index in [0.29, 0.717) is 25.6 Å². The summed E-state index contributed by atoms with van der Waals surface area (Å²) in [5.74, 6) is -0.0840. The van der Waals surface area contributed by atoms with Gasteiger partial charge in [0.05, 0.1) is 19.1 Å². The Morgan fingerprint density at radius 2 is 2.10 bits per heavy atom. The van der Waals surface area contributed by atoms with E-state index in [2.05, 4.69) is 18.9 Å². The van der Waals surface area contributed by atoms with Gasteiger partial charge in [0, 0.05) is 49.8 Å². The largest absolute Gasteiger partial charge is 0.466 e. The lowest BCUT2D eigenvalue weighted by molar-refractivity contribution is -0.295. The molecule has 31 heavy (non-hydrogen) atoms. The van der Waals surface area contributed by atoms with Crippen molar-refractivity contribution in [2.45, 2.75) is 64.6 Å². The second-order valence-electron chi connectivity index (χ2n) is 10.6. The van der Waals surface area contributed by atoms with Crippen LogP contribution in [0.5, 0.6) is 0 Å². The Morgan fingerprint density at radius 3 is 2.74 bits per heavy atom. The van der Waals surface area contributed by atoms with Crippen LogP contribution in [0.25, 0.3) is 0 Å². The molecule has 2 aliphatic heterocycles. The van der Waals surface area contributed by atoms with Crippen molar-refractivity contribution in [1.82, 2.24) is 4.90 Å². The quantitative estimate of drug-likeness (QED) is 0.636. The lowest BCUT2D eigenvalue weighted by Crippen LogP contribution is -2.64. The van der Waals surface area contributed by atoms with Gasteiger partial charge in [0.25, 0.3) is 0 Å². The standard InChI is InChI=1S/C25H37NO5/c1-5-25(29-4)10-9-23(15-31-25)16-7-8-17-20(27)11-18-19(22(28)30-6-2)12-24(23,21(17)18)14-26(3)13-16/h16,18-19H,5-15H2,1-4H3/t16-,18-,19-,23+,24-,25+/m1/s1. The third-order valence-corrected chi connectivity index (χ3v) is 9.60. The Balaban J connectivity index is 1.63. The number of hydrogen-bond donors (Lipinski definition) is 0. The maximum atomic E-state index is 13.1. The average Bonchev–Trinajstić information content (AvgIpc) is 3.23. The molecule has 5 rings (SSSR count). The zero-order chi connectivity index (χ0) is 22.0. The molecule has 0 amide bonds. The summed E-state index contributed by atoms with van der Waals surface area (Å²) in [6.07, 6.45) is 5.89. The summed E-state index contributed by atoms with van der Waals surface area (Å²) < 4.78 is 17.9. The number of ketones is 1. The van der Waals surface area contributed by atoms with E-state index in [9.17, 15) is 9.59 Å². The van der Waals surface area contributed by atoms with Crippen molar-refractivity contribution in [2.24, 2.45) is 28.6 Å². The molecule has 2 spiro atoms. The maximum Gasteiger partial charge on any atom is 0.309 e. The van der Waals surface area contributed by atoms with Crippen LogP contribution < -0.4 is 0 Å². The molecule has 6 heteroatoms. The van der Waals surface area contributed by atoms with Crippen LogP contribution in [-0.4, -0.2) is 62.9 Å². The van der Waals surface area contributed by atoms with Crippen LogP contribution in [0.15, 0.2) is 11.1 Å². The van der Waals surface area contributed by atoms with Gasteiger partial charge in [0.1, 0.15) is 0 Å². The topological polar surface area (TPSA) is 65.1 Å². The molecule has 3 fully saturated rings. The van der Waals surface area contributed by atoms with Crippen LogP contribution in [-0.2, 0) is 23.8 Å². The zero-order valence-corrected chi connectivity index (χ0v) is 19.5. The number of carbonyl (C=O) groups excluding carboxylic acids is 2. The number of rotatable bonds is 4. The van der Waals surface area contributed by atoms with E-state index in [1.807, 2.05) is 6.92 Å². The number of esters is 1. The van der Waals surface area contributed by atoms with Crippen LogP contribution in [0.4, 0.5) is 0 Å². The summed E-state index contributed by atoms with van der Waals surface area (Å²) in [7, 11) is 3.95. The van der Waals surface area contributed by atoms with Gasteiger partial charge in [-0.2, -0.15) is 0 Å². The molecule has 0 aromatic rings. The van der Waals surface area contributed by atoms with Crippen LogP contribution in [0, 0.1) is 28.6 Å². The molecular weight excluding hydrogens is 394 g/mol. The number of piperidine rings is 1. The molecule has 0 N–H and O–H groups in total. The van der Waals surface area contributed by atoms with Crippen LogP contribution in [0.2, 0.25) is 0 Å². The predicted molar refractivity (Wildman–Crippen MR) is 115 cm³/mol. The monoisotopic (exact) mass is 431 g/mol. The third-order valence-electron chi connectivity index (χ3n) is 9.60. The zero-order valence-electron chi connectivity index (χ0n) is 19.5. The van der Waals surface area contributed by atoms with Crippen molar-refractivity contribution in [3.63, 3.8) is 0 Å². The van der Waals surface area contributed by atoms with Gasteiger partial charge < -0.3 is 19.1 Å². The fraction of sp³-hybridized carbons (Fsp3) is 0.840. The number of likely N-dealkylation sites (tertiary alicyclic amines) is 1. The van der Waals surface area contributed by atoms with Gasteiger partial charge in [-0.15, -0.1) is 0 Å². The van der Waals surface area contributed by atoms with Gasteiger partial charge in [-0.05, 0) is 57.6 Å². The molecule has 1 saturated carbocycles. The summed E-state index contributed by atoms with van der Waals surface area (Å²) in [4.78, 5) is 28.6. The molecule has 0 radical (unpaired) electrons. The van der Waals surface area contributed by atoms with Crippen molar-refractivity contribution in [2.75, 3.05) is 40.5 Å². The molecule has 0 aromatic carbocycles. The van der Waals surface area contributed by atoms with E-state index in [1.54, 1.807) is 7.11 Å². The van der Waals surface area contributed by atoms with Crippen LogP contribution in [0.3, 0.4) is 0 Å². The second-order valence-corrected chi connectivity index (χ2v) is 10.6. The van der Waals surface area contributed by atoms with Gasteiger partial charge in [0.15, 0.2) is 11.6 Å². The molecule has 3 aliphatic carbocycles. The first kappa shape index (κ1) is 21.6. The predicted octanol–water partition coefficient (Wildman–Crippen LogP) is 3.35. The minimum atomic E-state index is -0.504. The smallest absolute Gasteiger partial charge is 0.309 e. The highest BCUT2D eigenvalue weighted by Crippen LogP contribution is 2.71. The first-order valence-corrected chi connectivity index (χ1v) is 12.2. The number of methoxy groups -OCH3 is 1. The minimum Gasteiger partial charge on any atom is -0.466 e. The molecule has 6 nitrogen and oxygen atoms in total. The Morgan fingerprint density at radius 1 is 1.29 bits per heavy atom. The van der Waals surface area contributed by atoms with Crippen molar-refractivity contribution in [3.8, 4) is 0 Å². The van der Waals surface area contributed by atoms with E-state index in [0.717, 1.165) is 57.2 Å². The summed E-state index contributed by atoms with van der Waals surface area (Å²) in [6, 6.07) is 0. The van der Waals surface area contributed by atoms with E-state index in [-0.39, 0.29) is 34.4 Å². The summed E-state index contributed by atoms with van der Waals surface area (Å²) in [6.45, 7) is 6.96. The Labute approximate surface area is 185 Å². The normalized spacial score (nSPS) is 44.5. The minimum absolute atomic E-state index is 0.0176. The fourth-order valence-electron chi connectivity index (χ4n) is 8.22. The van der Waals surface area contributed by atoms with E-state index in [4.69, 9.17) is 14.2 Å². The first-order chi connectivity index (χ1) is 14.9. The first-order valence-electron chi connectivity index (χ1n) is 12.2. The van der Waals surface area contributed by atoms with Gasteiger partial charge in [-0.1, -0.05) is 12.5 Å². The van der Waals surface area contributed by atoms with E-state index in [1.165, 1.54) is 5.57 Å². The van der Waals surface area contributed by atoms with Gasteiger partial charge in [-0.3, -0.25) is 9.59 Å². The fourth-order valence-corrected chi connectivity index (χ4v) is 8.22.